The second kappa shape index (κ2) is 8.36. The van der Waals surface area contributed by atoms with E-state index < -0.39 is 21.8 Å². The smallest absolute Gasteiger partial charge is 0.350 e. The first-order chi connectivity index (χ1) is 8.29. The second-order valence-electron chi connectivity index (χ2n) is 4.08. The van der Waals surface area contributed by atoms with Gasteiger partial charge in [0.2, 0.25) is 0 Å². The molecule has 108 valence electrons. The number of carbonyl (C=O) groups is 1. The van der Waals surface area contributed by atoms with Crippen LogP contribution in [0.25, 0.3) is 0 Å². The molecule has 18 heavy (non-hydrogen) atoms. The van der Waals surface area contributed by atoms with E-state index >= 15 is 0 Å². The van der Waals surface area contributed by atoms with Gasteiger partial charge in [-0.25, -0.2) is 13.1 Å². The normalized spacial score (nSPS) is 13.8. The fourth-order valence-electron chi connectivity index (χ4n) is 1.64. The number of halogens is 2. The Hall–Kier alpha value is -0.760. The van der Waals surface area contributed by atoms with E-state index in [1.165, 1.54) is 0 Å². The molecule has 0 aromatic heterocycles. The van der Waals surface area contributed by atoms with E-state index in [4.69, 9.17) is 5.11 Å². The number of carboxylic acid groups (broad SMARTS) is 1. The third kappa shape index (κ3) is 7.54. The molecule has 2 N–H and O–H groups in total. The third-order valence-electron chi connectivity index (χ3n) is 2.55. The first-order valence-corrected chi connectivity index (χ1v) is 7.32. The maximum Gasteiger partial charge on any atom is 0.350 e. The Balaban J connectivity index is 4.08. The molecule has 0 fully saturated rings. The minimum absolute atomic E-state index is 0.00621. The van der Waals surface area contributed by atoms with Gasteiger partial charge in [-0.3, -0.25) is 4.79 Å². The molecule has 0 saturated carbocycles. The summed E-state index contributed by atoms with van der Waals surface area (Å²) in [4.78, 5) is 10.4. The van der Waals surface area contributed by atoms with Crippen LogP contribution in [-0.4, -0.2) is 31.8 Å². The lowest BCUT2D eigenvalue weighted by molar-refractivity contribution is -0.137. The van der Waals surface area contributed by atoms with E-state index in [9.17, 15) is 22.0 Å². The quantitative estimate of drug-likeness (QED) is 0.641. The lowest BCUT2D eigenvalue weighted by Gasteiger charge is -2.15. The second-order valence-corrected chi connectivity index (χ2v) is 5.81. The molecule has 0 rings (SSSR count). The topological polar surface area (TPSA) is 83.5 Å². The van der Waals surface area contributed by atoms with Crippen LogP contribution >= 0.6 is 0 Å². The van der Waals surface area contributed by atoms with Gasteiger partial charge in [-0.1, -0.05) is 19.8 Å². The van der Waals surface area contributed by atoms with Crippen LogP contribution in [0.1, 0.15) is 39.0 Å². The molecule has 0 radical (unpaired) electrons. The summed E-state index contributed by atoms with van der Waals surface area (Å²) in [5.41, 5.74) is 0. The molecule has 0 aliphatic heterocycles. The molecular weight excluding hydrogens is 268 g/mol. The third-order valence-corrected chi connectivity index (χ3v) is 3.63. The average molecular weight is 287 g/mol. The van der Waals surface area contributed by atoms with Crippen molar-refractivity contribution in [2.45, 2.75) is 44.8 Å². The predicted molar refractivity (Wildman–Crippen MR) is 62.8 cm³/mol. The molecule has 0 spiro atoms. The van der Waals surface area contributed by atoms with Gasteiger partial charge in [-0.2, -0.15) is 8.78 Å². The summed E-state index contributed by atoms with van der Waals surface area (Å²) in [7, 11) is -4.54. The van der Waals surface area contributed by atoms with Crippen molar-refractivity contribution in [1.82, 2.24) is 4.72 Å². The van der Waals surface area contributed by atoms with E-state index in [2.05, 4.69) is 0 Å². The standard InChI is InChI=1S/C10H19F2NO4S/c1-2-3-8(4-5-9(14)15)6-7-13-18(16,17)10(11)12/h8,10,13H,2-7H2,1H3,(H,14,15). The first kappa shape index (κ1) is 17.2. The molecule has 1 unspecified atom stereocenters. The molecule has 5 nitrogen and oxygen atoms in total. The fourth-order valence-corrected chi connectivity index (χ4v) is 2.17. The monoisotopic (exact) mass is 287 g/mol. The van der Waals surface area contributed by atoms with Crippen molar-refractivity contribution in [1.29, 1.82) is 0 Å². The van der Waals surface area contributed by atoms with Crippen LogP contribution in [0.15, 0.2) is 0 Å². The van der Waals surface area contributed by atoms with Gasteiger partial charge >= 0.3 is 11.7 Å². The van der Waals surface area contributed by atoms with E-state index in [1.54, 1.807) is 0 Å². The number of aliphatic carboxylic acids is 1. The van der Waals surface area contributed by atoms with Crippen molar-refractivity contribution in [3.63, 3.8) is 0 Å². The van der Waals surface area contributed by atoms with Crippen molar-refractivity contribution in [2.75, 3.05) is 6.54 Å². The van der Waals surface area contributed by atoms with Gasteiger partial charge in [0.05, 0.1) is 0 Å². The van der Waals surface area contributed by atoms with Crippen LogP contribution in [0.5, 0.6) is 0 Å². The number of rotatable bonds is 10. The molecule has 0 aliphatic rings. The summed E-state index contributed by atoms with van der Waals surface area (Å²) in [6.45, 7) is 1.84. The molecule has 0 heterocycles. The zero-order valence-electron chi connectivity index (χ0n) is 10.2. The Morgan fingerprint density at radius 2 is 1.89 bits per heavy atom. The largest absolute Gasteiger partial charge is 0.481 e. The number of carboxylic acids is 1. The molecule has 0 aromatic rings. The zero-order chi connectivity index (χ0) is 14.2. The summed E-state index contributed by atoms with van der Waals surface area (Å²) >= 11 is 0. The van der Waals surface area contributed by atoms with Gasteiger partial charge in [-0.05, 0) is 18.8 Å². The van der Waals surface area contributed by atoms with Crippen molar-refractivity contribution >= 4 is 16.0 Å². The van der Waals surface area contributed by atoms with Crippen LogP contribution in [0.2, 0.25) is 0 Å². The summed E-state index contributed by atoms with van der Waals surface area (Å²) in [5, 5.41) is 8.55. The highest BCUT2D eigenvalue weighted by Crippen LogP contribution is 2.17. The van der Waals surface area contributed by atoms with E-state index in [-0.39, 0.29) is 18.9 Å². The van der Waals surface area contributed by atoms with Gasteiger partial charge in [0.25, 0.3) is 10.0 Å². The molecule has 0 aromatic carbocycles. The van der Waals surface area contributed by atoms with Crippen molar-refractivity contribution in [3.05, 3.63) is 0 Å². The Bertz CT molecular complexity index is 346. The Morgan fingerprint density at radius 3 is 2.33 bits per heavy atom. The van der Waals surface area contributed by atoms with Crippen LogP contribution in [0, 0.1) is 5.92 Å². The molecule has 1 atom stereocenters. The molecule has 0 aliphatic carbocycles. The zero-order valence-corrected chi connectivity index (χ0v) is 11.0. The van der Waals surface area contributed by atoms with E-state index in [0.29, 0.717) is 12.8 Å². The van der Waals surface area contributed by atoms with Crippen LogP contribution in [0.3, 0.4) is 0 Å². The minimum atomic E-state index is -4.54. The van der Waals surface area contributed by atoms with Crippen molar-refractivity contribution in [2.24, 2.45) is 5.92 Å². The maximum absolute atomic E-state index is 12.0. The lowest BCUT2D eigenvalue weighted by atomic mass is 9.95. The van der Waals surface area contributed by atoms with Gasteiger partial charge in [-0.15, -0.1) is 0 Å². The highest BCUT2D eigenvalue weighted by atomic mass is 32.2. The fraction of sp³-hybridized carbons (Fsp3) is 0.900. The summed E-state index contributed by atoms with van der Waals surface area (Å²) < 4.78 is 47.4. The number of sulfonamides is 1. The number of nitrogens with one attached hydrogen (secondary N) is 1. The first-order valence-electron chi connectivity index (χ1n) is 5.78. The number of alkyl halides is 2. The van der Waals surface area contributed by atoms with Gasteiger partial charge in [0.15, 0.2) is 0 Å². The molecule has 8 heteroatoms. The molecule has 0 amide bonds. The van der Waals surface area contributed by atoms with Gasteiger partial charge in [0.1, 0.15) is 0 Å². The molecular formula is C10H19F2NO4S. The highest BCUT2D eigenvalue weighted by Gasteiger charge is 2.23. The minimum Gasteiger partial charge on any atom is -0.481 e. The molecule has 0 saturated heterocycles. The van der Waals surface area contributed by atoms with Gasteiger partial charge < -0.3 is 5.11 Å². The van der Waals surface area contributed by atoms with Crippen LogP contribution in [-0.2, 0) is 14.8 Å². The summed E-state index contributed by atoms with van der Waals surface area (Å²) in [6.07, 6.45) is 2.40. The maximum atomic E-state index is 12.0. The van der Waals surface area contributed by atoms with Crippen LogP contribution < -0.4 is 4.72 Å². The highest BCUT2D eigenvalue weighted by molar-refractivity contribution is 7.89. The van der Waals surface area contributed by atoms with E-state index in [1.807, 2.05) is 11.6 Å². The summed E-state index contributed by atoms with van der Waals surface area (Å²) in [6, 6.07) is 0. The number of hydrogen-bond acceptors (Lipinski definition) is 3. The van der Waals surface area contributed by atoms with E-state index in [0.717, 1.165) is 12.8 Å². The molecule has 0 bridgehead atoms. The average Bonchev–Trinajstić information content (AvgIpc) is 2.25. The van der Waals surface area contributed by atoms with Crippen LogP contribution in [0.4, 0.5) is 8.78 Å². The Morgan fingerprint density at radius 1 is 1.28 bits per heavy atom. The van der Waals surface area contributed by atoms with Crippen molar-refractivity contribution < 1.29 is 27.1 Å². The van der Waals surface area contributed by atoms with Crippen molar-refractivity contribution in [3.8, 4) is 0 Å². The SMILES string of the molecule is CCCC(CCNS(=O)(=O)C(F)F)CCC(=O)O. The predicted octanol–water partition coefficient (Wildman–Crippen LogP) is 1.80. The van der Waals surface area contributed by atoms with Gasteiger partial charge in [0, 0.05) is 13.0 Å². The summed E-state index contributed by atoms with van der Waals surface area (Å²) in [5.74, 6) is -4.31. The lowest BCUT2D eigenvalue weighted by Crippen LogP contribution is -2.31. The Kier molecular flexibility index (Phi) is 8.01. The Labute approximate surface area is 106 Å². The number of hydrogen-bond donors (Lipinski definition) is 2.